The maximum atomic E-state index is 13.1. The minimum absolute atomic E-state index is 0.0647. The van der Waals surface area contributed by atoms with Gasteiger partial charge in [0.05, 0.1) is 5.92 Å². The molecule has 2 aromatic carbocycles. The van der Waals surface area contributed by atoms with Gasteiger partial charge in [-0.1, -0.05) is 24.3 Å². The number of rotatable bonds is 4. The van der Waals surface area contributed by atoms with Crippen LogP contribution in [-0.4, -0.2) is 41.8 Å². The summed E-state index contributed by atoms with van der Waals surface area (Å²) in [5, 5.41) is 0. The fourth-order valence-electron chi connectivity index (χ4n) is 3.57. The number of hydrogen-bond donors (Lipinski definition) is 0. The van der Waals surface area contributed by atoms with Gasteiger partial charge in [0.2, 0.25) is 5.91 Å². The average Bonchev–Trinajstić information content (AvgIpc) is 2.69. The third kappa shape index (κ3) is 4.54. The van der Waals surface area contributed by atoms with Crippen LogP contribution in [0.2, 0.25) is 0 Å². The van der Waals surface area contributed by atoms with E-state index in [4.69, 9.17) is 0 Å². The van der Waals surface area contributed by atoms with E-state index in [0.29, 0.717) is 25.2 Å². The van der Waals surface area contributed by atoms with E-state index in [1.165, 1.54) is 24.3 Å². The number of halogens is 1. The number of nitrogens with zero attached hydrogens (tertiary/aromatic N) is 2. The van der Waals surface area contributed by atoms with Gasteiger partial charge in [-0.05, 0) is 55.2 Å². The van der Waals surface area contributed by atoms with Crippen LogP contribution in [0, 0.1) is 18.7 Å². The molecule has 0 aromatic heterocycles. The number of hydrogen-bond acceptors (Lipinski definition) is 2. The van der Waals surface area contributed by atoms with E-state index < -0.39 is 0 Å². The summed E-state index contributed by atoms with van der Waals surface area (Å²) in [6, 6.07) is 13.6. The zero-order chi connectivity index (χ0) is 19.4. The first-order chi connectivity index (χ1) is 13.0. The Bertz CT molecular complexity index is 819. The van der Waals surface area contributed by atoms with Crippen molar-refractivity contribution >= 4 is 11.8 Å². The smallest absolute Gasteiger partial charge is 0.253 e. The molecule has 1 fully saturated rings. The molecule has 142 valence electrons. The van der Waals surface area contributed by atoms with E-state index in [0.717, 1.165) is 24.0 Å². The van der Waals surface area contributed by atoms with E-state index in [9.17, 15) is 14.0 Å². The van der Waals surface area contributed by atoms with Crippen molar-refractivity contribution in [2.75, 3.05) is 20.1 Å². The molecule has 4 nitrogen and oxygen atoms in total. The van der Waals surface area contributed by atoms with Gasteiger partial charge in [0.15, 0.2) is 0 Å². The molecule has 2 amide bonds. The summed E-state index contributed by atoms with van der Waals surface area (Å²) in [7, 11) is 1.81. The van der Waals surface area contributed by atoms with E-state index in [1.54, 1.807) is 9.80 Å². The van der Waals surface area contributed by atoms with Crippen LogP contribution in [0.25, 0.3) is 0 Å². The number of amides is 2. The summed E-state index contributed by atoms with van der Waals surface area (Å²) >= 11 is 0. The van der Waals surface area contributed by atoms with E-state index in [1.807, 2.05) is 38.2 Å². The molecule has 1 aliphatic heterocycles. The fourth-order valence-corrected chi connectivity index (χ4v) is 3.57. The minimum Gasteiger partial charge on any atom is -0.341 e. The van der Waals surface area contributed by atoms with Crippen LogP contribution in [-0.2, 0) is 11.3 Å². The lowest BCUT2D eigenvalue weighted by Gasteiger charge is -2.34. The average molecular weight is 368 g/mol. The largest absolute Gasteiger partial charge is 0.341 e. The summed E-state index contributed by atoms with van der Waals surface area (Å²) < 4.78 is 13.1. The lowest BCUT2D eigenvalue weighted by Crippen LogP contribution is -2.45. The van der Waals surface area contributed by atoms with E-state index in [-0.39, 0.29) is 23.5 Å². The summed E-state index contributed by atoms with van der Waals surface area (Å²) in [6.45, 7) is 3.64. The van der Waals surface area contributed by atoms with Gasteiger partial charge in [0.25, 0.3) is 5.91 Å². The Morgan fingerprint density at radius 3 is 2.56 bits per heavy atom. The van der Waals surface area contributed by atoms with Gasteiger partial charge < -0.3 is 9.80 Å². The molecule has 2 aromatic rings. The number of carbonyl (C=O) groups excluding carboxylic acids is 2. The number of likely N-dealkylation sites (tertiary alicyclic amines) is 1. The highest BCUT2D eigenvalue weighted by molar-refractivity contribution is 5.94. The highest BCUT2D eigenvalue weighted by Gasteiger charge is 2.30. The highest BCUT2D eigenvalue weighted by Crippen LogP contribution is 2.22. The molecule has 0 aliphatic carbocycles. The van der Waals surface area contributed by atoms with Crippen molar-refractivity contribution in [2.24, 2.45) is 5.92 Å². The maximum absolute atomic E-state index is 13.1. The zero-order valence-corrected chi connectivity index (χ0v) is 15.8. The summed E-state index contributed by atoms with van der Waals surface area (Å²) in [5.74, 6) is -0.642. The van der Waals surface area contributed by atoms with Gasteiger partial charge in [-0.2, -0.15) is 0 Å². The fraction of sp³-hybridized carbons (Fsp3) is 0.364. The van der Waals surface area contributed by atoms with Crippen LogP contribution in [0.1, 0.15) is 34.3 Å². The Kier molecular flexibility index (Phi) is 5.89. The normalized spacial score (nSPS) is 16.9. The van der Waals surface area contributed by atoms with Crippen molar-refractivity contribution < 1.29 is 14.0 Å². The molecule has 0 bridgehead atoms. The molecular formula is C22H25FN2O2. The van der Waals surface area contributed by atoms with Crippen molar-refractivity contribution in [3.8, 4) is 0 Å². The Morgan fingerprint density at radius 1 is 1.15 bits per heavy atom. The van der Waals surface area contributed by atoms with Gasteiger partial charge in [-0.3, -0.25) is 9.59 Å². The molecular weight excluding hydrogens is 343 g/mol. The summed E-state index contributed by atoms with van der Waals surface area (Å²) in [6.07, 6.45) is 1.58. The number of benzene rings is 2. The predicted octanol–water partition coefficient (Wildman–Crippen LogP) is 3.64. The van der Waals surface area contributed by atoms with Gasteiger partial charge in [0, 0.05) is 32.2 Å². The molecule has 0 spiro atoms. The van der Waals surface area contributed by atoms with Crippen LogP contribution in [0.4, 0.5) is 4.39 Å². The van der Waals surface area contributed by atoms with Gasteiger partial charge in [-0.15, -0.1) is 0 Å². The zero-order valence-electron chi connectivity index (χ0n) is 15.8. The molecule has 1 atom stereocenters. The molecule has 27 heavy (non-hydrogen) atoms. The van der Waals surface area contributed by atoms with Crippen molar-refractivity contribution in [2.45, 2.75) is 26.3 Å². The summed E-state index contributed by atoms with van der Waals surface area (Å²) in [4.78, 5) is 29.0. The monoisotopic (exact) mass is 368 g/mol. The third-order valence-electron chi connectivity index (χ3n) is 5.19. The molecule has 5 heteroatoms. The van der Waals surface area contributed by atoms with Crippen molar-refractivity contribution in [1.82, 2.24) is 9.80 Å². The quantitative estimate of drug-likeness (QED) is 0.827. The lowest BCUT2D eigenvalue weighted by atomic mass is 9.95. The molecule has 1 unspecified atom stereocenters. The highest BCUT2D eigenvalue weighted by atomic mass is 19.1. The SMILES string of the molecule is Cc1ccccc1CN(C)C(=O)C1CCCN(C(=O)c2ccc(F)cc2)C1. The van der Waals surface area contributed by atoms with Crippen LogP contribution >= 0.6 is 0 Å². The molecule has 0 N–H and O–H groups in total. The summed E-state index contributed by atoms with van der Waals surface area (Å²) in [5.41, 5.74) is 2.75. The molecule has 0 saturated carbocycles. The Labute approximate surface area is 159 Å². The topological polar surface area (TPSA) is 40.6 Å². The Balaban J connectivity index is 1.64. The second-order valence-electron chi connectivity index (χ2n) is 7.22. The van der Waals surface area contributed by atoms with Crippen molar-refractivity contribution in [1.29, 1.82) is 0 Å². The van der Waals surface area contributed by atoms with Crippen LogP contribution < -0.4 is 0 Å². The van der Waals surface area contributed by atoms with Gasteiger partial charge in [0.1, 0.15) is 5.82 Å². The number of aryl methyl sites for hydroxylation is 1. The molecule has 1 heterocycles. The lowest BCUT2D eigenvalue weighted by molar-refractivity contribution is -0.136. The second-order valence-corrected chi connectivity index (χ2v) is 7.22. The first-order valence-corrected chi connectivity index (χ1v) is 9.30. The molecule has 0 radical (unpaired) electrons. The molecule has 1 aliphatic rings. The minimum atomic E-state index is -0.365. The first kappa shape index (κ1) is 19.1. The van der Waals surface area contributed by atoms with Crippen molar-refractivity contribution in [3.63, 3.8) is 0 Å². The van der Waals surface area contributed by atoms with Crippen LogP contribution in [0.3, 0.4) is 0 Å². The van der Waals surface area contributed by atoms with Crippen LogP contribution in [0.5, 0.6) is 0 Å². The van der Waals surface area contributed by atoms with Crippen molar-refractivity contribution in [3.05, 3.63) is 71.0 Å². The van der Waals surface area contributed by atoms with Crippen LogP contribution in [0.15, 0.2) is 48.5 Å². The van der Waals surface area contributed by atoms with Gasteiger partial charge in [-0.25, -0.2) is 4.39 Å². The third-order valence-corrected chi connectivity index (χ3v) is 5.19. The molecule has 3 rings (SSSR count). The standard InChI is InChI=1S/C22H25FN2O2/c1-16-6-3-4-7-18(16)14-24(2)21(26)19-8-5-13-25(15-19)22(27)17-9-11-20(23)12-10-17/h3-4,6-7,9-12,19H,5,8,13-15H2,1-2H3. The maximum Gasteiger partial charge on any atom is 0.253 e. The Hall–Kier alpha value is -2.69. The van der Waals surface area contributed by atoms with E-state index >= 15 is 0 Å². The van der Waals surface area contributed by atoms with E-state index in [2.05, 4.69) is 0 Å². The predicted molar refractivity (Wildman–Crippen MR) is 103 cm³/mol. The first-order valence-electron chi connectivity index (χ1n) is 9.30. The number of carbonyl (C=O) groups is 2. The Morgan fingerprint density at radius 2 is 1.85 bits per heavy atom. The second kappa shape index (κ2) is 8.33. The molecule has 1 saturated heterocycles. The van der Waals surface area contributed by atoms with Gasteiger partial charge >= 0.3 is 0 Å². The number of piperidine rings is 1.